The molecule has 0 saturated heterocycles. The van der Waals surface area contributed by atoms with Crippen LogP contribution in [0.3, 0.4) is 0 Å². The largest absolute Gasteiger partial charge is 0.455 e. The van der Waals surface area contributed by atoms with Gasteiger partial charge < -0.3 is 9.32 Å². The molecule has 2 heteroatoms. The fraction of sp³-hybridized carbons (Fsp3) is 0.111. The van der Waals surface area contributed by atoms with Crippen LogP contribution in [-0.2, 0) is 0 Å². The van der Waals surface area contributed by atoms with Crippen LogP contribution >= 0.6 is 0 Å². The van der Waals surface area contributed by atoms with E-state index >= 15 is 0 Å². The Balaban J connectivity index is 0.00000172. The molecule has 0 fully saturated rings. The van der Waals surface area contributed by atoms with Crippen LogP contribution in [0.25, 0.3) is 44.5 Å². The maximum Gasteiger partial charge on any atom is 0.142 e. The molecule has 1 atom stereocenters. The molecule has 2 heterocycles. The lowest BCUT2D eigenvalue weighted by Gasteiger charge is -2.31. The highest BCUT2D eigenvalue weighted by atomic mass is 16.3. The molecule has 0 bridgehead atoms. The number of aryl methyl sites for hydroxylation is 1. The van der Waals surface area contributed by atoms with E-state index < -0.39 is 0 Å². The summed E-state index contributed by atoms with van der Waals surface area (Å²) in [5, 5.41) is 3.61. The molecular weight excluding hydrogens is 571 g/mol. The Morgan fingerprint density at radius 3 is 2.23 bits per heavy atom. The maximum atomic E-state index is 6.45. The Bertz CT molecular complexity index is 2240. The van der Waals surface area contributed by atoms with Crippen molar-refractivity contribution < 1.29 is 4.42 Å². The van der Waals surface area contributed by atoms with Gasteiger partial charge >= 0.3 is 0 Å². The maximum absolute atomic E-state index is 6.45. The van der Waals surface area contributed by atoms with Gasteiger partial charge in [0.2, 0.25) is 0 Å². The molecule has 1 unspecified atom stereocenters. The van der Waals surface area contributed by atoms with Crippen LogP contribution in [0.1, 0.15) is 53.3 Å². The molecule has 0 N–H and O–H groups in total. The van der Waals surface area contributed by atoms with Gasteiger partial charge in [-0.1, -0.05) is 148 Å². The van der Waals surface area contributed by atoms with Crippen molar-refractivity contribution in [2.75, 3.05) is 11.4 Å². The monoisotopic (exact) mass is 609 g/mol. The van der Waals surface area contributed by atoms with Gasteiger partial charge in [0.1, 0.15) is 11.3 Å². The molecule has 230 valence electrons. The van der Waals surface area contributed by atoms with E-state index in [9.17, 15) is 0 Å². The quantitative estimate of drug-likeness (QED) is 0.193. The number of benzene rings is 6. The molecule has 1 aliphatic rings. The SMILES string of the molecule is C=C1c2ccc(-c3ccccc3)cc2N(CC(c2ccc3ccccc3c2)c2ccccc2C)/C=C\c2c1oc1ccccc21.CC. The summed E-state index contributed by atoms with van der Waals surface area (Å²) >= 11 is 0. The summed E-state index contributed by atoms with van der Waals surface area (Å²) in [6.45, 7) is 11.6. The van der Waals surface area contributed by atoms with Gasteiger partial charge in [-0.3, -0.25) is 0 Å². The normalized spacial score (nSPS) is 13.6. The van der Waals surface area contributed by atoms with Crippen LogP contribution in [0.5, 0.6) is 0 Å². The minimum Gasteiger partial charge on any atom is -0.455 e. The highest BCUT2D eigenvalue weighted by Gasteiger charge is 2.26. The molecule has 0 saturated carbocycles. The fourth-order valence-corrected chi connectivity index (χ4v) is 6.80. The van der Waals surface area contributed by atoms with Gasteiger partial charge in [-0.05, 0) is 63.7 Å². The molecule has 7 aromatic rings. The van der Waals surface area contributed by atoms with Gasteiger partial charge in [-0.25, -0.2) is 0 Å². The molecule has 0 radical (unpaired) electrons. The number of fused-ring (bicyclic) bond motifs is 5. The van der Waals surface area contributed by atoms with E-state index in [-0.39, 0.29) is 5.92 Å². The van der Waals surface area contributed by atoms with E-state index in [1.54, 1.807) is 0 Å². The van der Waals surface area contributed by atoms with Crippen molar-refractivity contribution in [3.63, 3.8) is 0 Å². The Morgan fingerprint density at radius 2 is 1.40 bits per heavy atom. The summed E-state index contributed by atoms with van der Waals surface area (Å²) in [6, 6.07) is 49.9. The van der Waals surface area contributed by atoms with Gasteiger partial charge in [-0.2, -0.15) is 0 Å². The van der Waals surface area contributed by atoms with Crippen molar-refractivity contribution in [3.05, 3.63) is 186 Å². The third kappa shape index (κ3) is 5.68. The van der Waals surface area contributed by atoms with Gasteiger partial charge in [-0.15, -0.1) is 0 Å². The fourth-order valence-electron chi connectivity index (χ4n) is 6.80. The molecule has 47 heavy (non-hydrogen) atoms. The summed E-state index contributed by atoms with van der Waals surface area (Å²) in [5.74, 6) is 0.952. The van der Waals surface area contributed by atoms with Crippen LogP contribution in [0.2, 0.25) is 0 Å². The molecule has 2 nitrogen and oxygen atoms in total. The van der Waals surface area contributed by atoms with Gasteiger partial charge in [0.25, 0.3) is 0 Å². The zero-order chi connectivity index (χ0) is 32.3. The van der Waals surface area contributed by atoms with E-state index in [1.165, 1.54) is 38.6 Å². The first-order chi connectivity index (χ1) is 23.1. The highest BCUT2D eigenvalue weighted by molar-refractivity contribution is 5.98. The zero-order valence-electron chi connectivity index (χ0n) is 27.3. The average Bonchev–Trinajstić information content (AvgIpc) is 3.50. The number of anilines is 1. The predicted molar refractivity (Wildman–Crippen MR) is 201 cm³/mol. The van der Waals surface area contributed by atoms with Gasteiger partial charge in [0.05, 0.1) is 0 Å². The molecule has 1 aliphatic heterocycles. The lowest BCUT2D eigenvalue weighted by atomic mass is 9.86. The van der Waals surface area contributed by atoms with Crippen LogP contribution in [-0.4, -0.2) is 6.54 Å². The van der Waals surface area contributed by atoms with Gasteiger partial charge in [0.15, 0.2) is 0 Å². The standard InChI is InChI=1S/C43H33NO.C2H6/c1-29-12-6-9-17-36(29)40(35-21-20-32-15-7-8-16-33(32)26-35)28-44-25-24-39-38-18-10-11-19-42(38)45-43(39)30(2)37-23-22-34(27-41(37)44)31-13-4-3-5-14-31;1-2/h3-27,40H,2,28H2,1H3;1-2H3/b25-24-;. The van der Waals surface area contributed by atoms with Crippen LogP contribution in [0.4, 0.5) is 5.69 Å². The van der Waals surface area contributed by atoms with Gasteiger partial charge in [0, 0.05) is 46.4 Å². The first kappa shape index (κ1) is 30.1. The molecule has 0 aliphatic carbocycles. The van der Waals surface area contributed by atoms with E-state index in [0.717, 1.165) is 45.7 Å². The van der Waals surface area contributed by atoms with Crippen molar-refractivity contribution in [1.29, 1.82) is 0 Å². The number of para-hydroxylation sites is 1. The summed E-state index contributed by atoms with van der Waals surface area (Å²) in [5.41, 5.74) is 11.3. The number of furan rings is 1. The molecule has 6 aromatic carbocycles. The third-order valence-corrected chi connectivity index (χ3v) is 9.19. The smallest absolute Gasteiger partial charge is 0.142 e. The summed E-state index contributed by atoms with van der Waals surface area (Å²) in [6.07, 6.45) is 4.45. The highest BCUT2D eigenvalue weighted by Crippen LogP contribution is 2.42. The molecule has 1 aromatic heterocycles. The molecular formula is C45H39NO. The first-order valence-corrected chi connectivity index (χ1v) is 16.5. The molecule has 0 amide bonds. The van der Waals surface area contributed by atoms with Crippen LogP contribution in [0.15, 0.2) is 157 Å². The van der Waals surface area contributed by atoms with Crippen LogP contribution in [0, 0.1) is 6.92 Å². The third-order valence-electron chi connectivity index (χ3n) is 9.19. The average molecular weight is 610 g/mol. The van der Waals surface area contributed by atoms with Crippen molar-refractivity contribution in [1.82, 2.24) is 0 Å². The number of hydrogen-bond donors (Lipinski definition) is 0. The second kappa shape index (κ2) is 13.0. The second-order valence-corrected chi connectivity index (χ2v) is 11.9. The zero-order valence-corrected chi connectivity index (χ0v) is 27.3. The summed E-state index contributed by atoms with van der Waals surface area (Å²) in [7, 11) is 0. The minimum atomic E-state index is 0.127. The Morgan fingerprint density at radius 1 is 0.681 bits per heavy atom. The number of nitrogens with zero attached hydrogens (tertiary/aromatic N) is 1. The Kier molecular flexibility index (Phi) is 8.33. The number of rotatable bonds is 5. The lowest BCUT2D eigenvalue weighted by molar-refractivity contribution is 0.599. The summed E-state index contributed by atoms with van der Waals surface area (Å²) in [4.78, 5) is 2.42. The van der Waals surface area contributed by atoms with Crippen molar-refractivity contribution in [2.24, 2.45) is 0 Å². The number of hydrogen-bond acceptors (Lipinski definition) is 2. The second-order valence-electron chi connectivity index (χ2n) is 11.9. The molecule has 8 rings (SSSR count). The van der Waals surface area contributed by atoms with Crippen LogP contribution < -0.4 is 4.90 Å². The Hall–Kier alpha value is -5.60. The topological polar surface area (TPSA) is 16.4 Å². The minimum absolute atomic E-state index is 0.127. The van der Waals surface area contributed by atoms with E-state index in [2.05, 4.69) is 158 Å². The van der Waals surface area contributed by atoms with E-state index in [1.807, 2.05) is 26.0 Å². The lowest BCUT2D eigenvalue weighted by Crippen LogP contribution is -2.26. The first-order valence-electron chi connectivity index (χ1n) is 16.5. The predicted octanol–water partition coefficient (Wildman–Crippen LogP) is 12.3. The summed E-state index contributed by atoms with van der Waals surface area (Å²) < 4.78 is 6.45. The Labute approximate surface area is 277 Å². The van der Waals surface area contributed by atoms with E-state index in [0.29, 0.717) is 0 Å². The van der Waals surface area contributed by atoms with E-state index in [4.69, 9.17) is 4.42 Å². The van der Waals surface area contributed by atoms with Crippen molar-refractivity contribution in [2.45, 2.75) is 26.7 Å². The molecule has 0 spiro atoms. The van der Waals surface area contributed by atoms with Crippen molar-refractivity contribution >= 4 is 39.1 Å². The van der Waals surface area contributed by atoms with Crippen molar-refractivity contribution in [3.8, 4) is 11.1 Å².